The molecule has 0 unspecified atom stereocenters. The first-order valence-corrected chi connectivity index (χ1v) is 7.96. The number of nitrogens with zero attached hydrogens (tertiary/aromatic N) is 3. The van der Waals surface area contributed by atoms with E-state index in [4.69, 9.17) is 4.42 Å². The van der Waals surface area contributed by atoms with Crippen LogP contribution in [-0.4, -0.2) is 20.9 Å². The summed E-state index contributed by atoms with van der Waals surface area (Å²) in [5.41, 5.74) is 1.44. The summed E-state index contributed by atoms with van der Waals surface area (Å²) in [5.74, 6) is 6.81. The first-order valence-electron chi connectivity index (χ1n) is 6.97. The van der Waals surface area contributed by atoms with Gasteiger partial charge in [-0.15, -0.1) is 10.2 Å². The van der Waals surface area contributed by atoms with Gasteiger partial charge in [0.25, 0.3) is 10.9 Å². The number of non-ortho nitro benzene ring substituents is 1. The van der Waals surface area contributed by atoms with Crippen LogP contribution in [0.2, 0.25) is 0 Å². The first-order chi connectivity index (χ1) is 11.7. The Balaban J connectivity index is 1.65. The van der Waals surface area contributed by atoms with Crippen molar-refractivity contribution in [2.75, 3.05) is 5.75 Å². The predicted molar refractivity (Wildman–Crippen MR) is 90.4 cm³/mol. The molecule has 0 aliphatic carbocycles. The fourth-order valence-corrected chi connectivity index (χ4v) is 2.40. The summed E-state index contributed by atoms with van der Waals surface area (Å²) < 4.78 is 5.51. The van der Waals surface area contributed by atoms with E-state index in [0.717, 1.165) is 5.56 Å². The van der Waals surface area contributed by atoms with Crippen molar-refractivity contribution in [3.05, 3.63) is 70.3 Å². The van der Waals surface area contributed by atoms with Crippen LogP contribution in [0.5, 0.6) is 0 Å². The maximum Gasteiger partial charge on any atom is 0.277 e. The molecule has 0 amide bonds. The maximum atomic E-state index is 10.8. The van der Waals surface area contributed by atoms with E-state index in [2.05, 4.69) is 22.0 Å². The molecule has 0 bridgehead atoms. The van der Waals surface area contributed by atoms with Crippen LogP contribution in [0, 0.1) is 22.0 Å². The standard InChI is InChI=1S/C17H11N3O3S/c21-20(22)15-10-4-9-14(12-15)16-18-19-17(23-16)24-11-5-8-13-6-2-1-3-7-13/h1-4,6-7,9-10,12H,11H2. The van der Waals surface area contributed by atoms with Gasteiger partial charge in [0.15, 0.2) is 0 Å². The van der Waals surface area contributed by atoms with Crippen molar-refractivity contribution in [2.45, 2.75) is 5.22 Å². The van der Waals surface area contributed by atoms with Crippen LogP contribution in [0.25, 0.3) is 11.5 Å². The molecule has 0 aliphatic rings. The molecule has 2 aromatic carbocycles. The number of nitro groups is 1. The molecule has 0 radical (unpaired) electrons. The third-order valence-electron chi connectivity index (χ3n) is 2.98. The van der Waals surface area contributed by atoms with Gasteiger partial charge in [-0.2, -0.15) is 0 Å². The number of hydrogen-bond acceptors (Lipinski definition) is 6. The summed E-state index contributed by atoms with van der Waals surface area (Å²) in [4.78, 5) is 10.3. The molecule has 0 N–H and O–H groups in total. The Bertz CT molecular complexity index is 913. The highest BCUT2D eigenvalue weighted by atomic mass is 32.2. The Morgan fingerprint density at radius 2 is 1.96 bits per heavy atom. The number of thioether (sulfide) groups is 1. The van der Waals surface area contributed by atoms with Gasteiger partial charge in [-0.1, -0.05) is 47.9 Å². The lowest BCUT2D eigenvalue weighted by Crippen LogP contribution is -1.88. The average molecular weight is 337 g/mol. The minimum Gasteiger partial charge on any atom is -0.411 e. The Hall–Kier alpha value is -3.11. The van der Waals surface area contributed by atoms with Gasteiger partial charge in [0, 0.05) is 23.3 Å². The third kappa shape index (κ3) is 4.00. The van der Waals surface area contributed by atoms with Crippen molar-refractivity contribution in [2.24, 2.45) is 0 Å². The molecule has 118 valence electrons. The summed E-state index contributed by atoms with van der Waals surface area (Å²) in [7, 11) is 0. The SMILES string of the molecule is O=[N+]([O-])c1cccc(-c2nnc(SCC#Cc3ccccc3)o2)c1. The summed E-state index contributed by atoms with van der Waals surface area (Å²) in [6.07, 6.45) is 0. The smallest absolute Gasteiger partial charge is 0.277 e. The van der Waals surface area contributed by atoms with E-state index in [9.17, 15) is 10.1 Å². The van der Waals surface area contributed by atoms with E-state index in [1.54, 1.807) is 12.1 Å². The van der Waals surface area contributed by atoms with Crippen LogP contribution < -0.4 is 0 Å². The van der Waals surface area contributed by atoms with Crippen molar-refractivity contribution >= 4 is 17.4 Å². The van der Waals surface area contributed by atoms with Gasteiger partial charge in [0.1, 0.15) is 0 Å². The number of hydrogen-bond donors (Lipinski definition) is 0. The predicted octanol–water partition coefficient (Wildman–Crippen LogP) is 3.79. The Kier molecular flexibility index (Phi) is 4.89. The zero-order valence-electron chi connectivity index (χ0n) is 12.4. The molecule has 1 aromatic heterocycles. The lowest BCUT2D eigenvalue weighted by molar-refractivity contribution is -0.384. The highest BCUT2D eigenvalue weighted by molar-refractivity contribution is 7.99. The second kappa shape index (κ2) is 7.44. The van der Waals surface area contributed by atoms with Crippen molar-refractivity contribution in [3.8, 4) is 23.3 Å². The first kappa shape index (κ1) is 15.8. The van der Waals surface area contributed by atoms with Crippen LogP contribution in [0.4, 0.5) is 5.69 Å². The average Bonchev–Trinajstić information content (AvgIpc) is 3.09. The van der Waals surface area contributed by atoms with Crippen LogP contribution in [0.15, 0.2) is 64.2 Å². The lowest BCUT2D eigenvalue weighted by Gasteiger charge is -1.94. The quantitative estimate of drug-likeness (QED) is 0.312. The molecule has 0 saturated carbocycles. The lowest BCUT2D eigenvalue weighted by atomic mass is 10.2. The molecule has 6 nitrogen and oxygen atoms in total. The van der Waals surface area contributed by atoms with Gasteiger partial charge in [0.2, 0.25) is 5.89 Å². The third-order valence-corrected chi connectivity index (χ3v) is 3.69. The molecule has 0 atom stereocenters. The Morgan fingerprint density at radius 1 is 1.12 bits per heavy atom. The van der Waals surface area contributed by atoms with Crippen LogP contribution in [0.3, 0.4) is 0 Å². The van der Waals surface area contributed by atoms with Gasteiger partial charge in [-0.25, -0.2) is 0 Å². The minimum atomic E-state index is -0.464. The van der Waals surface area contributed by atoms with Gasteiger partial charge in [-0.05, 0) is 18.2 Å². The zero-order valence-corrected chi connectivity index (χ0v) is 13.2. The molecule has 1 heterocycles. The molecule has 0 spiro atoms. The summed E-state index contributed by atoms with van der Waals surface area (Å²) in [6, 6.07) is 15.7. The largest absolute Gasteiger partial charge is 0.411 e. The fourth-order valence-electron chi connectivity index (χ4n) is 1.89. The summed E-state index contributed by atoms with van der Waals surface area (Å²) in [5, 5.41) is 19.0. The van der Waals surface area contributed by atoms with E-state index < -0.39 is 4.92 Å². The molecular weight excluding hydrogens is 326 g/mol. The van der Waals surface area contributed by atoms with Crippen LogP contribution in [-0.2, 0) is 0 Å². The summed E-state index contributed by atoms with van der Waals surface area (Å²) in [6.45, 7) is 0. The molecular formula is C17H11N3O3S. The van der Waals surface area contributed by atoms with Crippen molar-refractivity contribution in [3.63, 3.8) is 0 Å². The van der Waals surface area contributed by atoms with E-state index in [-0.39, 0.29) is 11.6 Å². The number of nitro benzene ring substituents is 1. The molecule has 3 rings (SSSR count). The maximum absolute atomic E-state index is 10.8. The highest BCUT2D eigenvalue weighted by Crippen LogP contribution is 2.25. The van der Waals surface area contributed by atoms with Crippen LogP contribution in [0.1, 0.15) is 5.56 Å². The van der Waals surface area contributed by atoms with E-state index in [0.29, 0.717) is 16.5 Å². The molecule has 0 aliphatic heterocycles. The molecule has 0 saturated heterocycles. The number of benzene rings is 2. The molecule has 0 fully saturated rings. The second-order valence-corrected chi connectivity index (χ2v) is 5.56. The topological polar surface area (TPSA) is 82.1 Å². The Morgan fingerprint density at radius 3 is 2.75 bits per heavy atom. The van der Waals surface area contributed by atoms with E-state index >= 15 is 0 Å². The Labute approximate surface area is 142 Å². The highest BCUT2D eigenvalue weighted by Gasteiger charge is 2.12. The van der Waals surface area contributed by atoms with Crippen molar-refractivity contribution in [1.29, 1.82) is 0 Å². The monoisotopic (exact) mass is 337 g/mol. The normalized spacial score (nSPS) is 10.0. The van der Waals surface area contributed by atoms with Gasteiger partial charge >= 0.3 is 0 Å². The van der Waals surface area contributed by atoms with Crippen LogP contribution >= 0.6 is 11.8 Å². The minimum absolute atomic E-state index is 0.0198. The molecule has 3 aromatic rings. The number of aromatic nitrogens is 2. The van der Waals surface area contributed by atoms with Crippen molar-refractivity contribution < 1.29 is 9.34 Å². The van der Waals surface area contributed by atoms with Crippen molar-refractivity contribution in [1.82, 2.24) is 10.2 Å². The second-order valence-electron chi connectivity index (χ2n) is 4.64. The van der Waals surface area contributed by atoms with E-state index in [1.807, 2.05) is 30.3 Å². The zero-order chi connectivity index (χ0) is 16.8. The fraction of sp³-hybridized carbons (Fsp3) is 0.0588. The van der Waals surface area contributed by atoms with Gasteiger partial charge < -0.3 is 4.42 Å². The van der Waals surface area contributed by atoms with E-state index in [1.165, 1.54) is 23.9 Å². The van der Waals surface area contributed by atoms with Gasteiger partial charge in [0.05, 0.1) is 10.7 Å². The van der Waals surface area contributed by atoms with Gasteiger partial charge in [-0.3, -0.25) is 10.1 Å². The number of rotatable bonds is 4. The summed E-state index contributed by atoms with van der Waals surface area (Å²) >= 11 is 1.32. The molecule has 24 heavy (non-hydrogen) atoms. The molecule has 7 heteroatoms.